The molecule has 1 heterocycles. The molecule has 0 bridgehead atoms. The number of hydrogen-bond donors (Lipinski definition) is 4. The maximum Gasteiger partial charge on any atom is 0.355 e. The average Bonchev–Trinajstić information content (AvgIpc) is 3.28. The van der Waals surface area contributed by atoms with Crippen molar-refractivity contribution in [3.63, 3.8) is 0 Å². The van der Waals surface area contributed by atoms with Crippen LogP contribution in [0.3, 0.4) is 0 Å². The van der Waals surface area contributed by atoms with Crippen molar-refractivity contribution in [3.05, 3.63) is 0 Å². The lowest BCUT2D eigenvalue weighted by Gasteiger charge is -2.19. The second-order valence-electron chi connectivity index (χ2n) is 9.14. The van der Waals surface area contributed by atoms with Crippen LogP contribution in [0.15, 0.2) is 0 Å². The normalized spacial score (nSPS) is 13.9. The third-order valence-corrected chi connectivity index (χ3v) is 6.23. The number of nitrogens with two attached hydrogens (primary N) is 2. The summed E-state index contributed by atoms with van der Waals surface area (Å²) in [6.07, 6.45) is 3.65. The zero-order valence-corrected chi connectivity index (χ0v) is 26.9. The van der Waals surface area contributed by atoms with Crippen LogP contribution in [0.25, 0.3) is 0 Å². The standard InChI is InChI=1S/C14H21IN4O5.C12H27NO5.CH4/c15-8-11(20)18-9(4-2-1-3-5-10(16)17)14(23)24-19-12(21)6-7-13(19)22;1-14-6-8-17-11-12(18-9-7-15-2)10-16-5-3-4-13;/h9H,1-8H2,(H3,16,17)(H,18,20);12H,3-11,13H2,1-2H3;1H4/t9-;;/m0../s1. The minimum atomic E-state index is -0.925. The van der Waals surface area contributed by atoms with E-state index in [2.05, 4.69) is 5.32 Å². The summed E-state index contributed by atoms with van der Waals surface area (Å²) in [6.45, 7) is 4.54. The second kappa shape index (κ2) is 28.8. The molecule has 0 aliphatic carbocycles. The summed E-state index contributed by atoms with van der Waals surface area (Å²) >= 11 is 1.86. The van der Waals surface area contributed by atoms with Crippen molar-refractivity contribution in [2.75, 3.05) is 71.4 Å². The first kappa shape index (κ1) is 43.2. The van der Waals surface area contributed by atoms with E-state index < -0.39 is 23.8 Å². The first-order valence-corrected chi connectivity index (χ1v) is 15.4. The lowest BCUT2D eigenvalue weighted by Crippen LogP contribution is -2.45. The molecule has 3 amide bonds. The summed E-state index contributed by atoms with van der Waals surface area (Å²) in [7, 11) is 3.29. The van der Waals surface area contributed by atoms with Gasteiger partial charge in [-0.25, -0.2) is 4.79 Å². The highest BCUT2D eigenvalue weighted by Gasteiger charge is 2.35. The number of nitrogens with one attached hydrogen (secondary N) is 2. The minimum Gasteiger partial charge on any atom is -0.388 e. The maximum absolute atomic E-state index is 12.2. The van der Waals surface area contributed by atoms with Gasteiger partial charge in [-0.15, -0.1) is 5.06 Å². The van der Waals surface area contributed by atoms with Gasteiger partial charge in [0.2, 0.25) is 5.91 Å². The van der Waals surface area contributed by atoms with E-state index in [1.54, 1.807) is 14.2 Å². The van der Waals surface area contributed by atoms with Gasteiger partial charge in [0.05, 0.1) is 49.9 Å². The SMILES string of the molecule is C.COCCOCC(COCCCN)OCCOC.N=C(N)CCCCC[C@H](NC(=O)CI)C(=O)ON1C(=O)CCC1=O. The number of rotatable bonds is 24. The number of amidine groups is 1. The van der Waals surface area contributed by atoms with E-state index in [9.17, 15) is 19.2 Å². The van der Waals surface area contributed by atoms with Gasteiger partial charge in [0.15, 0.2) is 0 Å². The summed E-state index contributed by atoms with van der Waals surface area (Å²) in [5.74, 6) is -2.18. The Labute approximate surface area is 268 Å². The van der Waals surface area contributed by atoms with Crippen molar-refractivity contribution in [2.45, 2.75) is 70.9 Å². The maximum atomic E-state index is 12.2. The van der Waals surface area contributed by atoms with Crippen molar-refractivity contribution < 1.29 is 47.7 Å². The van der Waals surface area contributed by atoms with E-state index in [1.807, 2.05) is 22.6 Å². The van der Waals surface area contributed by atoms with Crippen LogP contribution in [-0.4, -0.2) is 118 Å². The Morgan fingerprint density at radius 2 is 1.56 bits per heavy atom. The molecule has 0 saturated carbocycles. The summed E-state index contributed by atoms with van der Waals surface area (Å²) in [5, 5.41) is 10.1. The Hall–Kier alpha value is -1.96. The number of halogens is 1. The molecule has 43 heavy (non-hydrogen) atoms. The third kappa shape index (κ3) is 23.1. The molecule has 0 spiro atoms. The van der Waals surface area contributed by atoms with E-state index >= 15 is 0 Å². The molecule has 16 heteroatoms. The average molecular weight is 734 g/mol. The molecule has 0 aromatic carbocycles. The lowest BCUT2D eigenvalue weighted by atomic mass is 10.1. The number of ether oxygens (including phenoxy) is 5. The summed E-state index contributed by atoms with van der Waals surface area (Å²) in [5.41, 5.74) is 10.7. The van der Waals surface area contributed by atoms with Crippen LogP contribution in [0.4, 0.5) is 0 Å². The molecule has 252 valence electrons. The number of carbonyl (C=O) groups is 4. The van der Waals surface area contributed by atoms with Crippen LogP contribution in [0.5, 0.6) is 0 Å². The van der Waals surface area contributed by atoms with Crippen molar-refractivity contribution in [2.24, 2.45) is 11.5 Å². The highest BCUT2D eigenvalue weighted by Crippen LogP contribution is 2.14. The fourth-order valence-electron chi connectivity index (χ4n) is 3.33. The van der Waals surface area contributed by atoms with Crippen LogP contribution >= 0.6 is 22.6 Å². The number of alkyl halides is 1. The van der Waals surface area contributed by atoms with Crippen molar-refractivity contribution in [1.82, 2.24) is 10.4 Å². The van der Waals surface area contributed by atoms with E-state index in [1.165, 1.54) is 0 Å². The molecule has 0 aromatic rings. The van der Waals surface area contributed by atoms with Gasteiger partial charge in [-0.1, -0.05) is 42.9 Å². The molecular formula is C27H52IN5O10. The van der Waals surface area contributed by atoms with E-state index in [4.69, 9.17) is 45.4 Å². The molecule has 6 N–H and O–H groups in total. The third-order valence-electron chi connectivity index (χ3n) is 5.54. The predicted molar refractivity (Wildman–Crippen MR) is 169 cm³/mol. The summed E-state index contributed by atoms with van der Waals surface area (Å²) in [4.78, 5) is 51.6. The molecular weight excluding hydrogens is 681 g/mol. The number of hydrogen-bond acceptors (Lipinski definition) is 12. The fraction of sp³-hybridized carbons (Fsp3) is 0.815. The molecule has 1 saturated heterocycles. The van der Waals surface area contributed by atoms with Gasteiger partial charge in [-0.05, 0) is 25.8 Å². The molecule has 1 aliphatic heterocycles. The molecule has 0 aromatic heterocycles. The van der Waals surface area contributed by atoms with Crippen LogP contribution in [-0.2, 0) is 47.7 Å². The van der Waals surface area contributed by atoms with Crippen LogP contribution < -0.4 is 16.8 Å². The van der Waals surface area contributed by atoms with Crippen molar-refractivity contribution >= 4 is 52.1 Å². The van der Waals surface area contributed by atoms with Gasteiger partial charge >= 0.3 is 5.97 Å². The van der Waals surface area contributed by atoms with E-state index in [-0.39, 0.29) is 42.5 Å². The molecule has 1 unspecified atom stereocenters. The van der Waals surface area contributed by atoms with Gasteiger partial charge in [0.25, 0.3) is 11.8 Å². The predicted octanol–water partition coefficient (Wildman–Crippen LogP) is 1.08. The zero-order valence-electron chi connectivity index (χ0n) is 24.7. The Kier molecular flexibility index (Phi) is 28.9. The van der Waals surface area contributed by atoms with Gasteiger partial charge < -0.3 is 45.3 Å². The number of amides is 3. The molecule has 2 atom stereocenters. The van der Waals surface area contributed by atoms with Crippen molar-refractivity contribution in [3.8, 4) is 0 Å². The molecule has 15 nitrogen and oxygen atoms in total. The number of methoxy groups -OCH3 is 2. The van der Waals surface area contributed by atoms with Gasteiger partial charge in [0, 0.05) is 40.1 Å². The Balaban J connectivity index is 0. The number of carbonyl (C=O) groups excluding carboxylic acids is 4. The van der Waals surface area contributed by atoms with Gasteiger partial charge in [0.1, 0.15) is 12.1 Å². The molecule has 1 aliphatic rings. The number of unbranched alkanes of at least 4 members (excludes halogenated alkanes) is 2. The highest BCUT2D eigenvalue weighted by atomic mass is 127. The molecule has 0 radical (unpaired) electrons. The Morgan fingerprint density at radius 3 is 2.12 bits per heavy atom. The summed E-state index contributed by atoms with van der Waals surface area (Å²) < 4.78 is 26.5. The highest BCUT2D eigenvalue weighted by molar-refractivity contribution is 14.1. The van der Waals surface area contributed by atoms with Gasteiger partial charge in [-0.3, -0.25) is 19.8 Å². The quantitative estimate of drug-likeness (QED) is 0.0274. The summed E-state index contributed by atoms with van der Waals surface area (Å²) in [6, 6.07) is -0.925. The Morgan fingerprint density at radius 1 is 0.953 bits per heavy atom. The molecule has 1 rings (SSSR count). The monoisotopic (exact) mass is 733 g/mol. The number of hydroxylamine groups is 2. The first-order valence-electron chi connectivity index (χ1n) is 13.9. The molecule has 1 fully saturated rings. The topological polar surface area (TPSA) is 215 Å². The second-order valence-corrected chi connectivity index (χ2v) is 9.90. The zero-order chi connectivity index (χ0) is 31.6. The minimum absolute atomic E-state index is 0. The largest absolute Gasteiger partial charge is 0.388 e. The smallest absolute Gasteiger partial charge is 0.355 e. The van der Waals surface area contributed by atoms with Gasteiger partial charge in [-0.2, -0.15) is 0 Å². The fourth-order valence-corrected chi connectivity index (χ4v) is 3.55. The lowest BCUT2D eigenvalue weighted by molar-refractivity contribution is -0.199. The van der Waals surface area contributed by atoms with Crippen LogP contribution in [0.2, 0.25) is 0 Å². The van der Waals surface area contributed by atoms with E-state index in [0.717, 1.165) is 12.8 Å². The Bertz CT molecular complexity index is 765. The first-order chi connectivity index (χ1) is 20.2. The van der Waals surface area contributed by atoms with Crippen molar-refractivity contribution in [1.29, 1.82) is 5.41 Å². The number of imide groups is 1. The van der Waals surface area contributed by atoms with E-state index in [0.29, 0.717) is 83.5 Å². The number of nitrogens with zero attached hydrogens (tertiary/aromatic N) is 1. The van der Waals surface area contributed by atoms with Crippen LogP contribution in [0, 0.1) is 5.41 Å². The van der Waals surface area contributed by atoms with Crippen LogP contribution in [0.1, 0.15) is 58.8 Å².